The third kappa shape index (κ3) is 4.23. The molecule has 2 aromatic rings. The van der Waals surface area contributed by atoms with Crippen LogP contribution in [0.5, 0.6) is 0 Å². The number of halogens is 3. The molecule has 0 radical (unpaired) electrons. The van der Waals surface area contributed by atoms with Crippen LogP contribution in [0.3, 0.4) is 0 Å². The highest BCUT2D eigenvalue weighted by Crippen LogP contribution is 2.47. The van der Waals surface area contributed by atoms with Crippen molar-refractivity contribution in [3.63, 3.8) is 0 Å². The summed E-state index contributed by atoms with van der Waals surface area (Å²) in [6.45, 7) is 8.24. The van der Waals surface area contributed by atoms with Crippen LogP contribution in [0.2, 0.25) is 0 Å². The highest BCUT2D eigenvalue weighted by molar-refractivity contribution is 7.90. The highest BCUT2D eigenvalue weighted by atomic mass is 32.2. The summed E-state index contributed by atoms with van der Waals surface area (Å²) in [5, 5.41) is -0.532. The maximum atomic E-state index is 13.3. The van der Waals surface area contributed by atoms with Gasteiger partial charge in [0.05, 0.1) is 11.1 Å². The number of nitrogen functional groups attached to an aromatic ring is 1. The van der Waals surface area contributed by atoms with E-state index in [4.69, 9.17) is 5.73 Å². The second-order valence-electron chi connectivity index (χ2n) is 8.77. The Kier molecular flexibility index (Phi) is 5.65. The second kappa shape index (κ2) is 7.61. The Morgan fingerprint density at radius 3 is 2.41 bits per heavy atom. The zero-order chi connectivity index (χ0) is 24.1. The van der Waals surface area contributed by atoms with Crippen LogP contribution >= 0.6 is 0 Å². The minimum absolute atomic E-state index is 0.0261. The highest BCUT2D eigenvalue weighted by Gasteiger charge is 2.49. The van der Waals surface area contributed by atoms with Gasteiger partial charge < -0.3 is 10.6 Å². The van der Waals surface area contributed by atoms with Gasteiger partial charge in [-0.25, -0.2) is 14.7 Å². The van der Waals surface area contributed by atoms with Crippen molar-refractivity contribution in [1.82, 2.24) is 14.7 Å². The lowest BCUT2D eigenvalue weighted by Crippen LogP contribution is -2.48. The van der Waals surface area contributed by atoms with Crippen LogP contribution in [0.4, 0.5) is 24.8 Å². The molecule has 3 heterocycles. The van der Waals surface area contributed by atoms with Gasteiger partial charge in [-0.1, -0.05) is 19.9 Å². The number of carbonyl (C=O) groups is 1. The van der Waals surface area contributed by atoms with E-state index in [1.54, 1.807) is 9.62 Å². The van der Waals surface area contributed by atoms with E-state index in [1.165, 1.54) is 12.1 Å². The fraction of sp³-hybridized carbons (Fsp3) is 0.450. The Bertz CT molecular complexity index is 1160. The Labute approximate surface area is 184 Å². The van der Waals surface area contributed by atoms with E-state index in [1.807, 2.05) is 27.7 Å². The zero-order valence-electron chi connectivity index (χ0n) is 18.0. The standard InChI is InChI=1S/C20H24F3N5O3S/c1-18(2)8-9-28(19(18,3)4)16-13(10-12(11-25-16)20(21,22)23)17(29)27-32(30,31)15-7-5-6-14(24)26-15/h5-7,10-11H,8-9H2,1-4H3,(H2,24,26)(H,27,29). The predicted octanol–water partition coefficient (Wildman–Crippen LogP) is 3.21. The van der Waals surface area contributed by atoms with E-state index in [2.05, 4.69) is 9.97 Å². The lowest BCUT2D eigenvalue weighted by atomic mass is 9.75. The molecule has 3 rings (SSSR count). The molecule has 0 spiro atoms. The number of sulfonamides is 1. The van der Waals surface area contributed by atoms with Crippen molar-refractivity contribution in [3.8, 4) is 0 Å². The van der Waals surface area contributed by atoms with E-state index in [-0.39, 0.29) is 17.1 Å². The van der Waals surface area contributed by atoms with Crippen LogP contribution in [0.15, 0.2) is 35.5 Å². The summed E-state index contributed by atoms with van der Waals surface area (Å²) >= 11 is 0. The summed E-state index contributed by atoms with van der Waals surface area (Å²) in [6.07, 6.45) is -3.43. The number of rotatable bonds is 4. The molecule has 0 unspecified atom stereocenters. The SMILES string of the molecule is CC1(C)CCN(c2ncc(C(F)(F)F)cc2C(=O)NS(=O)(=O)c2cccc(N)n2)C1(C)C. The summed E-state index contributed by atoms with van der Waals surface area (Å²) in [4.78, 5) is 22.3. The number of nitrogens with two attached hydrogens (primary N) is 1. The van der Waals surface area contributed by atoms with Gasteiger partial charge in [0.1, 0.15) is 11.6 Å². The summed E-state index contributed by atoms with van der Waals surface area (Å²) < 4.78 is 67.0. The van der Waals surface area contributed by atoms with Gasteiger partial charge in [0.2, 0.25) is 0 Å². The number of anilines is 2. The first-order chi connectivity index (χ1) is 14.6. The Morgan fingerprint density at radius 1 is 1.22 bits per heavy atom. The van der Waals surface area contributed by atoms with Crippen molar-refractivity contribution in [2.24, 2.45) is 5.41 Å². The molecular weight excluding hydrogens is 447 g/mol. The van der Waals surface area contributed by atoms with Crippen LogP contribution in [-0.2, 0) is 16.2 Å². The molecule has 2 aromatic heterocycles. The Hall–Kier alpha value is -2.89. The number of pyridine rings is 2. The molecule has 0 bridgehead atoms. The van der Waals surface area contributed by atoms with Crippen molar-refractivity contribution >= 4 is 27.6 Å². The molecule has 0 aliphatic carbocycles. The van der Waals surface area contributed by atoms with Gasteiger partial charge in [-0.2, -0.15) is 21.6 Å². The fourth-order valence-corrected chi connectivity index (χ4v) is 4.46. The van der Waals surface area contributed by atoms with Crippen molar-refractivity contribution in [3.05, 3.63) is 41.6 Å². The minimum atomic E-state index is -4.77. The molecule has 1 saturated heterocycles. The number of hydrogen-bond donors (Lipinski definition) is 2. The Balaban J connectivity index is 2.08. The van der Waals surface area contributed by atoms with Gasteiger partial charge >= 0.3 is 6.18 Å². The fourth-order valence-electron chi connectivity index (χ4n) is 3.52. The molecule has 32 heavy (non-hydrogen) atoms. The topological polar surface area (TPSA) is 118 Å². The average Bonchev–Trinajstić information content (AvgIpc) is 2.87. The largest absolute Gasteiger partial charge is 0.417 e. The molecular formula is C20H24F3N5O3S. The molecule has 1 aliphatic heterocycles. The number of hydrogen-bond acceptors (Lipinski definition) is 7. The van der Waals surface area contributed by atoms with Crippen LogP contribution in [0.1, 0.15) is 50.0 Å². The van der Waals surface area contributed by atoms with Crippen molar-refractivity contribution in [2.75, 3.05) is 17.2 Å². The first kappa shape index (κ1) is 23.8. The average molecular weight is 472 g/mol. The van der Waals surface area contributed by atoms with E-state index in [0.717, 1.165) is 6.07 Å². The predicted molar refractivity (Wildman–Crippen MR) is 112 cm³/mol. The van der Waals surface area contributed by atoms with Crippen LogP contribution < -0.4 is 15.4 Å². The van der Waals surface area contributed by atoms with E-state index in [0.29, 0.717) is 25.2 Å². The van der Waals surface area contributed by atoms with Crippen LogP contribution in [-0.4, -0.2) is 36.4 Å². The van der Waals surface area contributed by atoms with Crippen LogP contribution in [0, 0.1) is 5.41 Å². The summed E-state index contributed by atoms with van der Waals surface area (Å²) in [6, 6.07) is 4.41. The monoisotopic (exact) mass is 471 g/mol. The number of nitrogens with one attached hydrogen (secondary N) is 1. The van der Waals surface area contributed by atoms with Gasteiger partial charge in [0.25, 0.3) is 15.9 Å². The van der Waals surface area contributed by atoms with Gasteiger partial charge in [-0.3, -0.25) is 4.79 Å². The third-order valence-electron chi connectivity index (χ3n) is 6.23. The zero-order valence-corrected chi connectivity index (χ0v) is 18.8. The maximum absolute atomic E-state index is 13.3. The van der Waals surface area contributed by atoms with Crippen molar-refractivity contribution in [2.45, 2.75) is 50.9 Å². The third-order valence-corrected chi connectivity index (χ3v) is 7.47. The minimum Gasteiger partial charge on any atom is -0.384 e. The first-order valence-corrected chi connectivity index (χ1v) is 11.2. The number of carbonyl (C=O) groups excluding carboxylic acids is 1. The van der Waals surface area contributed by atoms with E-state index >= 15 is 0 Å². The number of amides is 1. The number of alkyl halides is 3. The molecule has 3 N–H and O–H groups in total. The van der Waals surface area contributed by atoms with Crippen LogP contribution in [0.25, 0.3) is 0 Å². The summed E-state index contributed by atoms with van der Waals surface area (Å²) in [5.74, 6) is -1.37. The van der Waals surface area contributed by atoms with Gasteiger partial charge in [0, 0.05) is 18.3 Å². The van der Waals surface area contributed by atoms with E-state index in [9.17, 15) is 26.4 Å². The molecule has 0 saturated carbocycles. The van der Waals surface area contributed by atoms with E-state index < -0.39 is 43.8 Å². The number of nitrogens with zero attached hydrogens (tertiary/aromatic N) is 3. The molecule has 0 atom stereocenters. The molecule has 1 amide bonds. The molecule has 174 valence electrons. The first-order valence-electron chi connectivity index (χ1n) is 9.71. The second-order valence-corrected chi connectivity index (χ2v) is 10.4. The van der Waals surface area contributed by atoms with Gasteiger partial charge in [-0.15, -0.1) is 0 Å². The Morgan fingerprint density at radius 2 is 1.88 bits per heavy atom. The normalized spacial score (nSPS) is 17.9. The maximum Gasteiger partial charge on any atom is 0.417 e. The molecule has 8 nitrogen and oxygen atoms in total. The number of aromatic nitrogens is 2. The van der Waals surface area contributed by atoms with Crippen molar-refractivity contribution in [1.29, 1.82) is 0 Å². The summed E-state index contributed by atoms with van der Waals surface area (Å²) in [5.41, 5.74) is 3.03. The smallest absolute Gasteiger partial charge is 0.384 e. The molecule has 0 aromatic carbocycles. The lowest BCUT2D eigenvalue weighted by Gasteiger charge is -2.42. The lowest BCUT2D eigenvalue weighted by molar-refractivity contribution is -0.137. The quantitative estimate of drug-likeness (QED) is 0.703. The van der Waals surface area contributed by atoms with Crippen molar-refractivity contribution < 1.29 is 26.4 Å². The summed E-state index contributed by atoms with van der Waals surface area (Å²) in [7, 11) is -4.49. The molecule has 1 fully saturated rings. The molecule has 12 heteroatoms. The molecule has 1 aliphatic rings. The van der Waals surface area contributed by atoms with Gasteiger partial charge in [0.15, 0.2) is 5.03 Å². The van der Waals surface area contributed by atoms with Gasteiger partial charge in [-0.05, 0) is 43.9 Å².